The standard InChI is InChI=1S/C13H21N/c1-3-10-13(4-2,11-14)12-8-6-5-7-9-12/h5-9H,3-4,10-11,14H2,1-2H3. The number of hydrogen-bond donors (Lipinski definition) is 1. The minimum absolute atomic E-state index is 0.204. The zero-order valence-corrected chi connectivity index (χ0v) is 9.29. The summed E-state index contributed by atoms with van der Waals surface area (Å²) in [4.78, 5) is 0. The lowest BCUT2D eigenvalue weighted by molar-refractivity contribution is 0.385. The highest BCUT2D eigenvalue weighted by Crippen LogP contribution is 2.31. The Kier molecular flexibility index (Phi) is 4.15. The molecule has 0 spiro atoms. The van der Waals surface area contributed by atoms with Crippen LogP contribution in [-0.4, -0.2) is 6.54 Å². The summed E-state index contributed by atoms with van der Waals surface area (Å²) in [5.74, 6) is 0. The fourth-order valence-electron chi connectivity index (χ4n) is 2.16. The van der Waals surface area contributed by atoms with Crippen molar-refractivity contribution in [2.75, 3.05) is 6.54 Å². The van der Waals surface area contributed by atoms with Gasteiger partial charge in [0.05, 0.1) is 0 Å². The molecule has 2 N–H and O–H groups in total. The average molecular weight is 191 g/mol. The Labute approximate surface area is 87.3 Å². The summed E-state index contributed by atoms with van der Waals surface area (Å²) in [7, 11) is 0. The Morgan fingerprint density at radius 2 is 1.79 bits per heavy atom. The molecule has 0 aromatic heterocycles. The normalized spacial score (nSPS) is 15.1. The summed E-state index contributed by atoms with van der Waals surface area (Å²) < 4.78 is 0. The maximum atomic E-state index is 5.94. The maximum absolute atomic E-state index is 5.94. The molecule has 78 valence electrons. The van der Waals surface area contributed by atoms with Crippen LogP contribution in [0.1, 0.15) is 38.7 Å². The number of hydrogen-bond acceptors (Lipinski definition) is 1. The van der Waals surface area contributed by atoms with Gasteiger partial charge in [0.15, 0.2) is 0 Å². The smallest absolute Gasteiger partial charge is 0.00728 e. The molecule has 0 aliphatic rings. The van der Waals surface area contributed by atoms with E-state index in [1.807, 2.05) is 0 Å². The SMILES string of the molecule is CCCC(CC)(CN)c1ccccc1. The molecule has 0 fully saturated rings. The van der Waals surface area contributed by atoms with E-state index in [0.717, 1.165) is 13.0 Å². The third-order valence-corrected chi connectivity index (χ3v) is 3.18. The minimum Gasteiger partial charge on any atom is -0.330 e. The molecule has 0 saturated heterocycles. The van der Waals surface area contributed by atoms with Crippen molar-refractivity contribution in [3.05, 3.63) is 35.9 Å². The van der Waals surface area contributed by atoms with Gasteiger partial charge in [-0.15, -0.1) is 0 Å². The van der Waals surface area contributed by atoms with Crippen LogP contribution in [0.5, 0.6) is 0 Å². The molecule has 1 aromatic carbocycles. The molecule has 0 amide bonds. The van der Waals surface area contributed by atoms with Gasteiger partial charge in [-0.1, -0.05) is 50.6 Å². The summed E-state index contributed by atoms with van der Waals surface area (Å²) in [5, 5.41) is 0. The Morgan fingerprint density at radius 1 is 1.14 bits per heavy atom. The van der Waals surface area contributed by atoms with Crippen molar-refractivity contribution in [1.82, 2.24) is 0 Å². The first-order valence-corrected chi connectivity index (χ1v) is 5.54. The van der Waals surface area contributed by atoms with E-state index in [2.05, 4.69) is 44.2 Å². The van der Waals surface area contributed by atoms with Crippen LogP contribution < -0.4 is 5.73 Å². The Hall–Kier alpha value is -0.820. The van der Waals surface area contributed by atoms with Gasteiger partial charge in [-0.25, -0.2) is 0 Å². The molecule has 1 aromatic rings. The first kappa shape index (κ1) is 11.3. The minimum atomic E-state index is 0.204. The largest absolute Gasteiger partial charge is 0.330 e. The van der Waals surface area contributed by atoms with Crippen LogP contribution in [0.2, 0.25) is 0 Å². The van der Waals surface area contributed by atoms with Gasteiger partial charge < -0.3 is 5.73 Å². The van der Waals surface area contributed by atoms with Crippen molar-refractivity contribution in [3.63, 3.8) is 0 Å². The Balaban J connectivity index is 2.98. The van der Waals surface area contributed by atoms with Gasteiger partial charge in [0.25, 0.3) is 0 Å². The van der Waals surface area contributed by atoms with E-state index in [4.69, 9.17) is 5.73 Å². The molecular weight excluding hydrogens is 170 g/mol. The van der Waals surface area contributed by atoms with Gasteiger partial charge in [-0.05, 0) is 18.4 Å². The zero-order chi connectivity index (χ0) is 10.4. The van der Waals surface area contributed by atoms with Gasteiger partial charge in [0.1, 0.15) is 0 Å². The summed E-state index contributed by atoms with van der Waals surface area (Å²) in [6.07, 6.45) is 3.51. The van der Waals surface area contributed by atoms with E-state index >= 15 is 0 Å². The van der Waals surface area contributed by atoms with Crippen LogP contribution in [0.25, 0.3) is 0 Å². The molecule has 14 heavy (non-hydrogen) atoms. The number of nitrogens with two attached hydrogens (primary N) is 1. The van der Waals surface area contributed by atoms with Crippen molar-refractivity contribution in [3.8, 4) is 0 Å². The third-order valence-electron chi connectivity index (χ3n) is 3.18. The predicted octanol–water partition coefficient (Wildman–Crippen LogP) is 3.09. The van der Waals surface area contributed by atoms with Crippen molar-refractivity contribution >= 4 is 0 Å². The molecular formula is C13H21N. The second-order valence-corrected chi connectivity index (χ2v) is 3.95. The van der Waals surface area contributed by atoms with Crippen molar-refractivity contribution in [2.24, 2.45) is 5.73 Å². The van der Waals surface area contributed by atoms with Gasteiger partial charge in [-0.3, -0.25) is 0 Å². The van der Waals surface area contributed by atoms with Crippen LogP contribution in [0.15, 0.2) is 30.3 Å². The van der Waals surface area contributed by atoms with Crippen LogP contribution in [0, 0.1) is 0 Å². The van der Waals surface area contributed by atoms with E-state index in [9.17, 15) is 0 Å². The van der Waals surface area contributed by atoms with Gasteiger partial charge >= 0.3 is 0 Å². The van der Waals surface area contributed by atoms with Crippen LogP contribution in [-0.2, 0) is 5.41 Å². The van der Waals surface area contributed by atoms with E-state index < -0.39 is 0 Å². The van der Waals surface area contributed by atoms with E-state index in [-0.39, 0.29) is 5.41 Å². The van der Waals surface area contributed by atoms with Gasteiger partial charge in [0.2, 0.25) is 0 Å². The van der Waals surface area contributed by atoms with Crippen LogP contribution >= 0.6 is 0 Å². The van der Waals surface area contributed by atoms with Crippen LogP contribution in [0.4, 0.5) is 0 Å². The zero-order valence-electron chi connectivity index (χ0n) is 9.29. The second-order valence-electron chi connectivity index (χ2n) is 3.95. The van der Waals surface area contributed by atoms with Gasteiger partial charge in [0, 0.05) is 12.0 Å². The number of rotatable bonds is 5. The molecule has 1 nitrogen and oxygen atoms in total. The lowest BCUT2D eigenvalue weighted by atomic mass is 9.75. The molecule has 0 radical (unpaired) electrons. The fraction of sp³-hybridized carbons (Fsp3) is 0.538. The highest BCUT2D eigenvalue weighted by Gasteiger charge is 2.27. The van der Waals surface area contributed by atoms with E-state index in [1.165, 1.54) is 18.4 Å². The van der Waals surface area contributed by atoms with Crippen molar-refractivity contribution < 1.29 is 0 Å². The first-order valence-electron chi connectivity index (χ1n) is 5.54. The van der Waals surface area contributed by atoms with E-state index in [0.29, 0.717) is 0 Å². The second kappa shape index (κ2) is 5.16. The molecule has 0 heterocycles. The van der Waals surface area contributed by atoms with E-state index in [1.54, 1.807) is 0 Å². The Bertz CT molecular complexity index is 249. The Morgan fingerprint density at radius 3 is 2.21 bits per heavy atom. The monoisotopic (exact) mass is 191 g/mol. The average Bonchev–Trinajstić information content (AvgIpc) is 2.27. The molecule has 0 bridgehead atoms. The third kappa shape index (κ3) is 2.16. The molecule has 0 aliphatic heterocycles. The summed E-state index contributed by atoms with van der Waals surface area (Å²) in [5.41, 5.74) is 7.54. The molecule has 1 heteroatoms. The quantitative estimate of drug-likeness (QED) is 0.760. The topological polar surface area (TPSA) is 26.0 Å². The lowest BCUT2D eigenvalue weighted by Gasteiger charge is -2.31. The van der Waals surface area contributed by atoms with Gasteiger partial charge in [-0.2, -0.15) is 0 Å². The van der Waals surface area contributed by atoms with Crippen molar-refractivity contribution in [1.29, 1.82) is 0 Å². The predicted molar refractivity (Wildman–Crippen MR) is 62.4 cm³/mol. The molecule has 0 saturated carbocycles. The number of benzene rings is 1. The molecule has 0 aliphatic carbocycles. The highest BCUT2D eigenvalue weighted by molar-refractivity contribution is 5.25. The van der Waals surface area contributed by atoms with Crippen molar-refractivity contribution in [2.45, 2.75) is 38.5 Å². The molecule has 1 unspecified atom stereocenters. The summed E-state index contributed by atoms with van der Waals surface area (Å²) in [6, 6.07) is 10.7. The maximum Gasteiger partial charge on any atom is 0.00728 e. The molecule has 1 rings (SSSR count). The first-order chi connectivity index (χ1) is 6.79. The fourth-order valence-corrected chi connectivity index (χ4v) is 2.16. The molecule has 1 atom stereocenters. The van der Waals surface area contributed by atoms with Crippen LogP contribution in [0.3, 0.4) is 0 Å². The summed E-state index contributed by atoms with van der Waals surface area (Å²) >= 11 is 0. The highest BCUT2D eigenvalue weighted by atomic mass is 14.6. The summed E-state index contributed by atoms with van der Waals surface area (Å²) in [6.45, 7) is 5.21. The lowest BCUT2D eigenvalue weighted by Crippen LogP contribution is -2.34.